The minimum absolute atomic E-state index is 0.0395. The molecule has 7 heterocycles. The van der Waals surface area contributed by atoms with Crippen LogP contribution in [0.25, 0.3) is 39.0 Å². The molecule has 2 atom stereocenters. The Labute approximate surface area is 328 Å². The highest BCUT2D eigenvalue weighted by molar-refractivity contribution is 7.88. The largest absolute Gasteiger partial charge is 0.365 e. The van der Waals surface area contributed by atoms with Crippen molar-refractivity contribution in [2.45, 2.75) is 37.9 Å². The minimum Gasteiger partial charge on any atom is -0.365 e. The van der Waals surface area contributed by atoms with Gasteiger partial charge in [0.2, 0.25) is 15.9 Å². The van der Waals surface area contributed by atoms with E-state index in [9.17, 15) is 17.2 Å². The lowest BCUT2D eigenvalue weighted by molar-refractivity contribution is -0.132. The number of carbonyl (C=O) groups is 1. The highest BCUT2D eigenvalue weighted by Crippen LogP contribution is 2.34. The van der Waals surface area contributed by atoms with Crippen molar-refractivity contribution >= 4 is 49.6 Å². The molecule has 57 heavy (non-hydrogen) atoms. The molecule has 18 heteroatoms. The molecular weight excluding hydrogens is 755 g/mol. The van der Waals surface area contributed by atoms with Crippen LogP contribution in [0.2, 0.25) is 0 Å². The molecule has 2 aromatic carbocycles. The van der Waals surface area contributed by atoms with Gasteiger partial charge in [-0.05, 0) is 56.1 Å². The third kappa shape index (κ3) is 7.28. The van der Waals surface area contributed by atoms with E-state index in [4.69, 9.17) is 9.97 Å². The number of amides is 1. The zero-order chi connectivity index (χ0) is 39.3. The number of nitrogens with one attached hydrogen (secondary N) is 1. The van der Waals surface area contributed by atoms with Gasteiger partial charge in [0, 0.05) is 70.0 Å². The summed E-state index contributed by atoms with van der Waals surface area (Å²) in [5.74, 6) is -0.375. The van der Waals surface area contributed by atoms with Gasteiger partial charge < -0.3 is 24.6 Å². The molecule has 1 amide bonds. The van der Waals surface area contributed by atoms with Gasteiger partial charge in [0.1, 0.15) is 35.5 Å². The Morgan fingerprint density at radius 3 is 2.60 bits per heavy atom. The number of nitrogens with zero attached hydrogens (tertiary/aromatic N) is 11. The van der Waals surface area contributed by atoms with Gasteiger partial charge in [0.15, 0.2) is 11.5 Å². The van der Waals surface area contributed by atoms with Gasteiger partial charge in [-0.25, -0.2) is 41.8 Å². The molecule has 0 unspecified atom stereocenters. The fourth-order valence-corrected chi connectivity index (χ4v) is 9.25. The summed E-state index contributed by atoms with van der Waals surface area (Å²) in [6.07, 6.45) is 7.86. The lowest BCUT2D eigenvalue weighted by Crippen LogP contribution is -2.49. The maximum absolute atomic E-state index is 15.0. The molecule has 0 aliphatic carbocycles. The molecule has 3 aliphatic rings. The molecule has 0 saturated carbocycles. The highest BCUT2D eigenvalue weighted by Gasteiger charge is 2.41. The van der Waals surface area contributed by atoms with Crippen molar-refractivity contribution < 1.29 is 22.0 Å². The van der Waals surface area contributed by atoms with Crippen LogP contribution < -0.4 is 10.2 Å². The summed E-state index contributed by atoms with van der Waals surface area (Å²) in [4.78, 5) is 40.0. The second-order valence-corrected chi connectivity index (χ2v) is 16.9. The number of rotatable bonds is 7. The minimum atomic E-state index is -3.24. The summed E-state index contributed by atoms with van der Waals surface area (Å²) in [5.41, 5.74) is 4.00. The van der Waals surface area contributed by atoms with Gasteiger partial charge in [-0.2, -0.15) is 9.40 Å². The smallest absolute Gasteiger partial charge is 0.245 e. The molecule has 0 spiro atoms. The van der Waals surface area contributed by atoms with Crippen LogP contribution in [-0.4, -0.2) is 133 Å². The third-order valence-corrected chi connectivity index (χ3v) is 12.5. The van der Waals surface area contributed by atoms with Crippen LogP contribution >= 0.6 is 0 Å². The second kappa shape index (κ2) is 15.1. The average Bonchev–Trinajstić information content (AvgIpc) is 3.94. The van der Waals surface area contributed by atoms with Crippen LogP contribution in [0.3, 0.4) is 0 Å². The molecule has 4 bridgehead atoms. The Kier molecular flexibility index (Phi) is 9.78. The van der Waals surface area contributed by atoms with Crippen molar-refractivity contribution in [3.8, 4) is 16.9 Å². The van der Waals surface area contributed by atoms with Crippen LogP contribution in [-0.2, 0) is 21.4 Å². The summed E-state index contributed by atoms with van der Waals surface area (Å²) in [6, 6.07) is 14.4. The monoisotopic (exact) mass is 796 g/mol. The van der Waals surface area contributed by atoms with Crippen LogP contribution in [0.1, 0.15) is 19.3 Å². The Morgan fingerprint density at radius 2 is 1.77 bits per heavy atom. The topological polar surface area (TPSA) is 151 Å². The maximum Gasteiger partial charge on any atom is 0.245 e. The summed E-state index contributed by atoms with van der Waals surface area (Å²) >= 11 is 0. The normalized spacial score (nSPS) is 19.9. The predicted octanol–water partition coefficient (Wildman–Crippen LogP) is 3.76. The van der Waals surface area contributed by atoms with E-state index in [0.717, 1.165) is 34.9 Å². The first-order valence-electron chi connectivity index (χ1n) is 19.2. The zero-order valence-electron chi connectivity index (χ0n) is 31.4. The van der Waals surface area contributed by atoms with E-state index in [2.05, 4.69) is 35.9 Å². The number of sulfonamides is 1. The van der Waals surface area contributed by atoms with E-state index in [0.29, 0.717) is 94.3 Å². The number of piperazine rings is 1. The molecule has 2 saturated heterocycles. The molecule has 15 nitrogen and oxygen atoms in total. The lowest BCUT2D eigenvalue weighted by Gasteiger charge is -2.34. The number of pyridine rings is 1. The molecule has 296 valence electrons. The number of hydrogen-bond donors (Lipinski definition) is 1. The summed E-state index contributed by atoms with van der Waals surface area (Å²) < 4.78 is 57.9. The van der Waals surface area contributed by atoms with Gasteiger partial charge in [-0.3, -0.25) is 4.79 Å². The SMILES string of the molecule is CS(=O)(=O)N1CCN(CCCN2CCCn3cnc4cccc(c43)-c3cccc(n3)N[C@H]3C[C@@H](C2=O)N(c2ncnc4c2cnn4-c2ccc(F)cc2F)C3)CC1. The summed E-state index contributed by atoms with van der Waals surface area (Å²) in [6.45, 7) is 4.93. The Hall–Kier alpha value is -5.59. The number of aromatic nitrogens is 7. The van der Waals surface area contributed by atoms with Crippen molar-refractivity contribution in [1.82, 2.24) is 48.4 Å². The van der Waals surface area contributed by atoms with E-state index in [1.807, 2.05) is 46.5 Å². The number of halogens is 2. The molecular formula is C39H42F2N12O3S. The quantitative estimate of drug-likeness (QED) is 0.252. The van der Waals surface area contributed by atoms with Crippen LogP contribution in [0.4, 0.5) is 20.4 Å². The Balaban J connectivity index is 1.05. The van der Waals surface area contributed by atoms with Crippen LogP contribution in [0, 0.1) is 11.6 Å². The highest BCUT2D eigenvalue weighted by atomic mass is 32.2. The second-order valence-electron chi connectivity index (χ2n) is 14.9. The lowest BCUT2D eigenvalue weighted by atomic mass is 10.1. The standard InChI is InChI=1S/C39H42F2N12O3S/c1-57(55,56)51-18-16-48(17-19-51)12-4-13-49-14-5-15-50-25-44-32-8-2-6-28(36(32)50)31-7-3-9-35(47-31)46-27-21-34(39(49)54)52(23-27)37-29-22-45-53(38(29)43-24-42-37)33-11-10-26(40)20-30(33)41/h2-3,6-11,20,22,24-25,27,34H,4-5,12-19,21,23H2,1H3,(H,46,47)/t27-,34-/m0/s1. The van der Waals surface area contributed by atoms with Gasteiger partial charge in [-0.1, -0.05) is 18.2 Å². The van der Waals surface area contributed by atoms with E-state index in [1.54, 1.807) is 6.20 Å². The number of imidazole rings is 1. The van der Waals surface area contributed by atoms with Crippen LogP contribution in [0.15, 0.2) is 73.4 Å². The Morgan fingerprint density at radius 1 is 0.930 bits per heavy atom. The predicted molar refractivity (Wildman–Crippen MR) is 211 cm³/mol. The fraction of sp³-hybridized carbons (Fsp3) is 0.385. The van der Waals surface area contributed by atoms with Crippen molar-refractivity contribution in [1.29, 1.82) is 0 Å². The zero-order valence-corrected chi connectivity index (χ0v) is 32.2. The number of aryl methyl sites for hydroxylation is 1. The average molecular weight is 797 g/mol. The van der Waals surface area contributed by atoms with Crippen molar-refractivity contribution in [2.24, 2.45) is 0 Å². The van der Waals surface area contributed by atoms with E-state index >= 15 is 4.79 Å². The first-order chi connectivity index (χ1) is 27.6. The molecule has 6 aromatic rings. The van der Waals surface area contributed by atoms with E-state index in [-0.39, 0.29) is 17.6 Å². The molecule has 4 aromatic heterocycles. The fourth-order valence-electron chi connectivity index (χ4n) is 8.42. The van der Waals surface area contributed by atoms with Gasteiger partial charge in [-0.15, -0.1) is 0 Å². The first-order valence-corrected chi connectivity index (χ1v) is 21.0. The Bertz CT molecular complexity index is 2570. The van der Waals surface area contributed by atoms with Crippen molar-refractivity contribution in [2.75, 3.05) is 68.8 Å². The number of anilines is 2. The number of carbonyl (C=O) groups excluding carboxylic acids is 1. The van der Waals surface area contributed by atoms with Gasteiger partial charge >= 0.3 is 0 Å². The molecule has 3 aliphatic heterocycles. The van der Waals surface area contributed by atoms with Crippen molar-refractivity contribution in [3.05, 3.63) is 85.1 Å². The molecule has 0 radical (unpaired) electrons. The van der Waals surface area contributed by atoms with Crippen molar-refractivity contribution in [3.63, 3.8) is 0 Å². The number of fused-ring (bicyclic) bond motifs is 6. The summed E-state index contributed by atoms with van der Waals surface area (Å²) in [5, 5.41) is 8.57. The molecule has 2 fully saturated rings. The number of benzene rings is 2. The van der Waals surface area contributed by atoms with Gasteiger partial charge in [0.05, 0.1) is 40.9 Å². The van der Waals surface area contributed by atoms with Gasteiger partial charge in [0.25, 0.3) is 0 Å². The van der Waals surface area contributed by atoms with E-state index in [1.165, 1.54) is 33.7 Å². The third-order valence-electron chi connectivity index (χ3n) is 11.2. The van der Waals surface area contributed by atoms with Crippen LogP contribution in [0.5, 0.6) is 0 Å². The number of para-hydroxylation sites is 1. The first kappa shape index (κ1) is 37.0. The summed E-state index contributed by atoms with van der Waals surface area (Å²) in [7, 11) is -3.24. The number of hydrogen-bond acceptors (Lipinski definition) is 11. The van der Waals surface area contributed by atoms with E-state index < -0.39 is 27.7 Å². The molecule has 1 N–H and O–H groups in total. The molecule has 9 rings (SSSR count). The maximum atomic E-state index is 15.0.